The fraction of sp³-hybridized carbons (Fsp3) is 1.00. The Bertz CT molecular complexity index is 196. The molecule has 1 heterocycles. The molecule has 0 aromatic rings. The monoisotopic (exact) mass is 236 g/mol. The summed E-state index contributed by atoms with van der Waals surface area (Å²) in [7, 11) is 2.09. The molecule has 2 atom stereocenters. The van der Waals surface area contributed by atoms with Gasteiger partial charge in [0.1, 0.15) is 6.10 Å². The average Bonchev–Trinajstić information content (AvgIpc) is 2.26. The number of alkyl halides is 2. The van der Waals surface area contributed by atoms with Crippen LogP contribution in [-0.2, 0) is 0 Å². The molecule has 5 heteroatoms. The van der Waals surface area contributed by atoms with Gasteiger partial charge in [-0.05, 0) is 45.8 Å². The van der Waals surface area contributed by atoms with Crippen molar-refractivity contribution >= 4 is 0 Å². The van der Waals surface area contributed by atoms with Crippen molar-refractivity contribution in [2.75, 3.05) is 26.7 Å². The third-order valence-corrected chi connectivity index (χ3v) is 3.41. The van der Waals surface area contributed by atoms with E-state index >= 15 is 0 Å². The molecule has 96 valence electrons. The Hall–Kier alpha value is -0.260. The molecule has 1 aliphatic rings. The molecule has 0 saturated carbocycles. The minimum Gasteiger partial charge on any atom is -0.386 e. The van der Waals surface area contributed by atoms with Gasteiger partial charge in [-0.3, -0.25) is 0 Å². The fourth-order valence-corrected chi connectivity index (χ4v) is 2.09. The molecule has 0 bridgehead atoms. The Morgan fingerprint density at radius 1 is 1.38 bits per heavy atom. The summed E-state index contributed by atoms with van der Waals surface area (Å²) in [4.78, 5) is 2.28. The van der Waals surface area contributed by atoms with E-state index in [0.717, 1.165) is 25.9 Å². The van der Waals surface area contributed by atoms with Crippen molar-refractivity contribution in [3.63, 3.8) is 0 Å². The summed E-state index contributed by atoms with van der Waals surface area (Å²) in [6, 6.07) is 0.196. The Balaban J connectivity index is 2.22. The molecule has 1 fully saturated rings. The van der Waals surface area contributed by atoms with Crippen molar-refractivity contribution in [2.24, 2.45) is 5.92 Å². The first-order valence-electron chi connectivity index (χ1n) is 5.89. The van der Waals surface area contributed by atoms with Gasteiger partial charge in [0, 0.05) is 12.6 Å². The first-order chi connectivity index (χ1) is 7.50. The van der Waals surface area contributed by atoms with Crippen LogP contribution in [0.15, 0.2) is 0 Å². The van der Waals surface area contributed by atoms with Crippen LogP contribution in [0.4, 0.5) is 8.78 Å². The van der Waals surface area contributed by atoms with E-state index in [-0.39, 0.29) is 12.6 Å². The van der Waals surface area contributed by atoms with Crippen LogP contribution in [0.5, 0.6) is 0 Å². The maximum atomic E-state index is 12.1. The first kappa shape index (κ1) is 13.8. The number of aliphatic hydroxyl groups is 1. The Morgan fingerprint density at radius 3 is 2.44 bits per heavy atom. The molecule has 0 radical (unpaired) electrons. The molecule has 0 aromatic carbocycles. The van der Waals surface area contributed by atoms with Crippen LogP contribution < -0.4 is 5.32 Å². The molecule has 16 heavy (non-hydrogen) atoms. The van der Waals surface area contributed by atoms with Crippen molar-refractivity contribution in [1.82, 2.24) is 10.2 Å². The molecule has 1 saturated heterocycles. The smallest absolute Gasteiger partial charge is 0.265 e. The van der Waals surface area contributed by atoms with Crippen LogP contribution in [0.25, 0.3) is 0 Å². The Labute approximate surface area is 95.8 Å². The number of halogens is 2. The number of hydrogen-bond donors (Lipinski definition) is 2. The molecule has 2 unspecified atom stereocenters. The number of hydrogen-bond acceptors (Lipinski definition) is 3. The van der Waals surface area contributed by atoms with Gasteiger partial charge in [-0.1, -0.05) is 0 Å². The number of piperidine rings is 1. The van der Waals surface area contributed by atoms with E-state index in [1.54, 1.807) is 0 Å². The van der Waals surface area contributed by atoms with Gasteiger partial charge in [0.25, 0.3) is 6.43 Å². The summed E-state index contributed by atoms with van der Waals surface area (Å²) in [5.74, 6) is 0.529. The zero-order chi connectivity index (χ0) is 12.1. The van der Waals surface area contributed by atoms with Crippen molar-refractivity contribution in [1.29, 1.82) is 0 Å². The third kappa shape index (κ3) is 4.31. The maximum Gasteiger partial charge on any atom is 0.265 e. The molecular weight excluding hydrogens is 214 g/mol. The summed E-state index contributed by atoms with van der Waals surface area (Å²) >= 11 is 0. The van der Waals surface area contributed by atoms with E-state index in [4.69, 9.17) is 5.11 Å². The van der Waals surface area contributed by atoms with E-state index in [9.17, 15) is 8.78 Å². The lowest BCUT2D eigenvalue weighted by molar-refractivity contribution is -0.00580. The molecule has 0 aromatic heterocycles. The van der Waals surface area contributed by atoms with Crippen LogP contribution in [0.2, 0.25) is 0 Å². The lowest BCUT2D eigenvalue weighted by Crippen LogP contribution is -2.44. The average molecular weight is 236 g/mol. The van der Waals surface area contributed by atoms with Gasteiger partial charge < -0.3 is 15.3 Å². The van der Waals surface area contributed by atoms with E-state index in [0.29, 0.717) is 5.92 Å². The molecule has 0 aliphatic carbocycles. The number of aliphatic hydroxyl groups excluding tert-OH is 1. The predicted octanol–water partition coefficient (Wildman–Crippen LogP) is 0.932. The number of rotatable bonds is 5. The van der Waals surface area contributed by atoms with E-state index in [1.165, 1.54) is 0 Å². The summed E-state index contributed by atoms with van der Waals surface area (Å²) in [6.45, 7) is 4.11. The quantitative estimate of drug-likeness (QED) is 0.745. The first-order valence-corrected chi connectivity index (χ1v) is 5.89. The van der Waals surface area contributed by atoms with Crippen molar-refractivity contribution in [3.05, 3.63) is 0 Å². The number of nitrogens with one attached hydrogen (secondary N) is 1. The van der Waals surface area contributed by atoms with Crippen LogP contribution in [-0.4, -0.2) is 55.3 Å². The maximum absolute atomic E-state index is 12.1. The van der Waals surface area contributed by atoms with Gasteiger partial charge in [-0.25, -0.2) is 8.78 Å². The van der Waals surface area contributed by atoms with Gasteiger partial charge in [0.05, 0.1) is 0 Å². The normalized spacial score (nSPS) is 23.6. The Kier molecular flexibility index (Phi) is 5.58. The van der Waals surface area contributed by atoms with Crippen LogP contribution >= 0.6 is 0 Å². The zero-order valence-electron chi connectivity index (χ0n) is 10.00. The lowest BCUT2D eigenvalue weighted by Gasteiger charge is -2.33. The standard InChI is InChI=1S/C11H22F2N2O/c1-8(14-7-10(16)11(12)13)9-3-5-15(2)6-4-9/h8-11,14,16H,3-7H2,1-2H3. The molecule has 2 N–H and O–H groups in total. The fourth-order valence-electron chi connectivity index (χ4n) is 2.09. The lowest BCUT2D eigenvalue weighted by atomic mass is 9.90. The SMILES string of the molecule is CC(NCC(O)C(F)F)C1CCN(C)CC1. The second-order valence-electron chi connectivity index (χ2n) is 4.74. The summed E-state index contributed by atoms with van der Waals surface area (Å²) in [6.07, 6.45) is -2.02. The number of nitrogens with zero attached hydrogens (tertiary/aromatic N) is 1. The summed E-state index contributed by atoms with van der Waals surface area (Å²) < 4.78 is 24.2. The molecule has 1 rings (SSSR count). The molecule has 0 amide bonds. The van der Waals surface area contributed by atoms with Crippen molar-refractivity contribution in [2.45, 2.75) is 38.3 Å². The van der Waals surface area contributed by atoms with E-state index in [2.05, 4.69) is 17.3 Å². The highest BCUT2D eigenvalue weighted by atomic mass is 19.3. The van der Waals surface area contributed by atoms with Crippen LogP contribution in [0.3, 0.4) is 0 Å². The molecule has 3 nitrogen and oxygen atoms in total. The van der Waals surface area contributed by atoms with Gasteiger partial charge in [0.2, 0.25) is 0 Å². The van der Waals surface area contributed by atoms with E-state index < -0.39 is 12.5 Å². The molecule has 1 aliphatic heterocycles. The third-order valence-electron chi connectivity index (χ3n) is 3.41. The summed E-state index contributed by atoms with van der Waals surface area (Å²) in [5.41, 5.74) is 0. The predicted molar refractivity (Wildman–Crippen MR) is 59.7 cm³/mol. The van der Waals surface area contributed by atoms with Gasteiger partial charge in [-0.15, -0.1) is 0 Å². The largest absolute Gasteiger partial charge is 0.386 e. The summed E-state index contributed by atoms with van der Waals surface area (Å²) in [5, 5.41) is 12.0. The van der Waals surface area contributed by atoms with Crippen molar-refractivity contribution in [3.8, 4) is 0 Å². The Morgan fingerprint density at radius 2 is 1.94 bits per heavy atom. The van der Waals surface area contributed by atoms with Crippen LogP contribution in [0, 0.1) is 5.92 Å². The minimum absolute atomic E-state index is 0.0226. The van der Waals surface area contributed by atoms with Gasteiger partial charge in [0.15, 0.2) is 0 Å². The van der Waals surface area contributed by atoms with Crippen molar-refractivity contribution < 1.29 is 13.9 Å². The highest BCUT2D eigenvalue weighted by molar-refractivity contribution is 4.79. The van der Waals surface area contributed by atoms with Gasteiger partial charge >= 0.3 is 0 Å². The van der Waals surface area contributed by atoms with Gasteiger partial charge in [-0.2, -0.15) is 0 Å². The minimum atomic E-state index is -2.66. The second kappa shape index (κ2) is 6.47. The highest BCUT2D eigenvalue weighted by Gasteiger charge is 2.23. The second-order valence-corrected chi connectivity index (χ2v) is 4.74. The highest BCUT2D eigenvalue weighted by Crippen LogP contribution is 2.19. The molecular formula is C11H22F2N2O. The molecule has 0 spiro atoms. The topological polar surface area (TPSA) is 35.5 Å². The number of likely N-dealkylation sites (tertiary alicyclic amines) is 1. The van der Waals surface area contributed by atoms with E-state index in [1.807, 2.05) is 6.92 Å². The van der Waals surface area contributed by atoms with Crippen LogP contribution in [0.1, 0.15) is 19.8 Å². The zero-order valence-corrected chi connectivity index (χ0v) is 10.00.